The highest BCUT2D eigenvalue weighted by Crippen LogP contribution is 2.47. The Morgan fingerprint density at radius 2 is 1.95 bits per heavy atom. The highest BCUT2D eigenvalue weighted by Gasteiger charge is 2.44. The second kappa shape index (κ2) is 9.96. The van der Waals surface area contributed by atoms with Crippen molar-refractivity contribution in [2.45, 2.75) is 50.7 Å². The maximum atomic E-state index is 16.8. The van der Waals surface area contributed by atoms with E-state index in [1.54, 1.807) is 18.2 Å². The molecule has 2 N–H and O–H groups in total. The molecule has 4 aromatic rings. The van der Waals surface area contributed by atoms with Crippen LogP contribution in [-0.2, 0) is 0 Å². The third-order valence-electron chi connectivity index (χ3n) is 9.16. The third-order valence-corrected chi connectivity index (χ3v) is 9.46. The topological polar surface area (TPSA) is 73.8 Å². The highest BCUT2D eigenvalue weighted by atomic mass is 35.5. The molecule has 0 amide bonds. The van der Waals surface area contributed by atoms with Crippen LogP contribution in [0, 0.1) is 11.2 Å². The summed E-state index contributed by atoms with van der Waals surface area (Å²) in [6.07, 6.45) is 4.32. The Hall–Kier alpha value is -3.20. The number of halogens is 2. The normalized spacial score (nSPS) is 23.1. The summed E-state index contributed by atoms with van der Waals surface area (Å²) in [5.74, 6) is 0.168. The van der Waals surface area contributed by atoms with E-state index in [4.69, 9.17) is 21.3 Å². The molecule has 1 aliphatic carbocycles. The van der Waals surface area contributed by atoms with Crippen molar-refractivity contribution in [1.29, 1.82) is 0 Å². The Kier molecular flexibility index (Phi) is 6.48. The van der Waals surface area contributed by atoms with Gasteiger partial charge in [0.05, 0.1) is 11.6 Å². The van der Waals surface area contributed by atoms with Crippen LogP contribution in [0.1, 0.15) is 32.6 Å². The molecule has 41 heavy (non-hydrogen) atoms. The van der Waals surface area contributed by atoms with Crippen LogP contribution >= 0.6 is 11.6 Å². The van der Waals surface area contributed by atoms with Crippen molar-refractivity contribution >= 4 is 39.1 Å². The number of aromatic hydroxyl groups is 1. The molecule has 0 radical (unpaired) electrons. The lowest BCUT2D eigenvalue weighted by atomic mass is 9.87. The minimum Gasteiger partial charge on any atom is -0.508 e. The van der Waals surface area contributed by atoms with Gasteiger partial charge < -0.3 is 25.0 Å². The van der Waals surface area contributed by atoms with Crippen molar-refractivity contribution < 1.29 is 14.2 Å². The van der Waals surface area contributed by atoms with Gasteiger partial charge in [-0.1, -0.05) is 35.9 Å². The summed E-state index contributed by atoms with van der Waals surface area (Å²) in [5.41, 5.74) is 0.983. The SMILES string of the molecule is CC1[C@@H]2CC[C@@H](CN2)N1c1nc(OCC2(CN(C)C)CC2)nc2c(F)c(-c3cc(O)cc4ccccc34)c(Cl)cc12. The lowest BCUT2D eigenvalue weighted by molar-refractivity contribution is 0.183. The summed E-state index contributed by atoms with van der Waals surface area (Å²) in [6.45, 7) is 4.45. The number of phenols is 1. The fourth-order valence-electron chi connectivity index (χ4n) is 6.99. The van der Waals surface area contributed by atoms with Gasteiger partial charge in [0.2, 0.25) is 0 Å². The van der Waals surface area contributed by atoms with Crippen molar-refractivity contribution in [3.63, 3.8) is 0 Å². The van der Waals surface area contributed by atoms with Crippen molar-refractivity contribution in [2.75, 3.05) is 38.7 Å². The van der Waals surface area contributed by atoms with E-state index in [1.165, 1.54) is 0 Å². The van der Waals surface area contributed by atoms with E-state index in [0.29, 0.717) is 29.4 Å². The lowest BCUT2D eigenvalue weighted by Crippen LogP contribution is -2.66. The molecule has 4 heterocycles. The first-order valence-electron chi connectivity index (χ1n) is 14.4. The summed E-state index contributed by atoms with van der Waals surface area (Å²) in [5, 5.41) is 16.6. The molecule has 9 heteroatoms. The Morgan fingerprint density at radius 3 is 2.66 bits per heavy atom. The van der Waals surface area contributed by atoms with Crippen molar-refractivity contribution in [3.8, 4) is 22.9 Å². The molecule has 4 fully saturated rings. The fourth-order valence-corrected chi connectivity index (χ4v) is 7.28. The number of piperazine rings is 1. The summed E-state index contributed by atoms with van der Waals surface area (Å²) in [7, 11) is 4.13. The number of fused-ring (bicyclic) bond motifs is 5. The molecule has 1 aromatic heterocycles. The van der Waals surface area contributed by atoms with Gasteiger partial charge in [-0.05, 0) is 81.2 Å². The number of nitrogens with zero attached hydrogens (tertiary/aromatic N) is 4. The molecule has 0 spiro atoms. The van der Waals surface area contributed by atoms with E-state index in [-0.39, 0.29) is 45.4 Å². The monoisotopic (exact) mass is 575 g/mol. The highest BCUT2D eigenvalue weighted by molar-refractivity contribution is 6.35. The molecule has 3 atom stereocenters. The first kappa shape index (κ1) is 26.7. The second-order valence-corrected chi connectivity index (χ2v) is 12.8. The minimum absolute atomic E-state index is 0.0444. The molecule has 1 unspecified atom stereocenters. The van der Waals surface area contributed by atoms with Gasteiger partial charge in [0, 0.05) is 47.6 Å². The average molecular weight is 576 g/mol. The number of phenolic OH excluding ortho intramolecular Hbond substituents is 1. The van der Waals surface area contributed by atoms with Gasteiger partial charge in [0.15, 0.2) is 5.82 Å². The van der Waals surface area contributed by atoms with Crippen LogP contribution in [0.25, 0.3) is 32.8 Å². The van der Waals surface area contributed by atoms with Crippen LogP contribution in [-0.4, -0.2) is 71.9 Å². The first-order chi connectivity index (χ1) is 19.7. The molecule has 3 aromatic carbocycles. The van der Waals surface area contributed by atoms with Crippen LogP contribution < -0.4 is 15.0 Å². The smallest absolute Gasteiger partial charge is 0.319 e. The van der Waals surface area contributed by atoms with Crippen molar-refractivity contribution in [1.82, 2.24) is 20.2 Å². The molecule has 8 rings (SSSR count). The Morgan fingerprint density at radius 1 is 1.15 bits per heavy atom. The fraction of sp³-hybridized carbons (Fsp3) is 0.438. The largest absolute Gasteiger partial charge is 0.508 e. The maximum absolute atomic E-state index is 16.8. The molecule has 7 nitrogen and oxygen atoms in total. The van der Waals surface area contributed by atoms with E-state index >= 15 is 4.39 Å². The number of aromatic nitrogens is 2. The van der Waals surface area contributed by atoms with Crippen molar-refractivity contribution in [2.24, 2.45) is 5.41 Å². The van der Waals surface area contributed by atoms with E-state index < -0.39 is 5.82 Å². The number of piperidine rings is 2. The zero-order chi connectivity index (χ0) is 28.5. The van der Waals surface area contributed by atoms with Gasteiger partial charge in [0.25, 0.3) is 0 Å². The summed E-state index contributed by atoms with van der Waals surface area (Å²) >= 11 is 6.90. The minimum atomic E-state index is -0.542. The van der Waals surface area contributed by atoms with Crippen LogP contribution in [0.4, 0.5) is 10.2 Å². The van der Waals surface area contributed by atoms with E-state index in [0.717, 1.165) is 49.5 Å². The Bertz CT molecular complexity index is 1650. The van der Waals surface area contributed by atoms with Crippen molar-refractivity contribution in [3.05, 3.63) is 53.3 Å². The van der Waals surface area contributed by atoms with E-state index in [1.807, 2.05) is 24.3 Å². The molecule has 3 saturated heterocycles. The number of benzene rings is 3. The average Bonchev–Trinajstić information content (AvgIpc) is 3.71. The van der Waals surface area contributed by atoms with E-state index in [9.17, 15) is 5.11 Å². The Labute approximate surface area is 244 Å². The predicted octanol–water partition coefficient (Wildman–Crippen LogP) is 6.00. The number of ether oxygens (including phenoxy) is 1. The van der Waals surface area contributed by atoms with Gasteiger partial charge in [-0.3, -0.25) is 0 Å². The second-order valence-electron chi connectivity index (χ2n) is 12.4. The number of nitrogens with one attached hydrogen (secondary N) is 1. The molecular formula is C32H35ClFN5O2. The molecule has 3 aliphatic heterocycles. The molecule has 1 saturated carbocycles. The summed E-state index contributed by atoms with van der Waals surface area (Å²) < 4.78 is 23.1. The van der Waals surface area contributed by atoms with Crippen LogP contribution in [0.2, 0.25) is 5.02 Å². The summed E-state index contributed by atoms with van der Waals surface area (Å²) in [6, 6.07) is 13.5. The number of rotatable bonds is 7. The lowest BCUT2D eigenvalue weighted by Gasteiger charge is -2.51. The molecule has 2 bridgehead atoms. The number of anilines is 1. The zero-order valence-corrected chi connectivity index (χ0v) is 24.4. The molecule has 4 aliphatic rings. The van der Waals surface area contributed by atoms with Crippen LogP contribution in [0.15, 0.2) is 42.5 Å². The van der Waals surface area contributed by atoms with Gasteiger partial charge in [-0.25, -0.2) is 4.39 Å². The van der Waals surface area contributed by atoms with Gasteiger partial charge >= 0.3 is 6.01 Å². The van der Waals surface area contributed by atoms with Gasteiger partial charge in [-0.15, -0.1) is 0 Å². The predicted molar refractivity (Wildman–Crippen MR) is 162 cm³/mol. The first-order valence-corrected chi connectivity index (χ1v) is 14.8. The third kappa shape index (κ3) is 4.66. The molecule has 214 valence electrons. The zero-order valence-electron chi connectivity index (χ0n) is 23.6. The standard InChI is InChI=1S/C32H35ClFN5O2/c1-18-26-9-8-20(15-35-26)39(18)30-24-14-25(33)27(23-13-21(40)12-19-6-4-5-7-22(19)23)28(34)29(24)36-31(37-30)41-17-32(10-11-32)16-38(2)3/h4-7,12-14,18,20,26,35,40H,8-11,15-17H2,1-3H3/t18?,20-,26-/m0/s1. The van der Waals surface area contributed by atoms with E-state index in [2.05, 4.69) is 41.1 Å². The summed E-state index contributed by atoms with van der Waals surface area (Å²) in [4.78, 5) is 14.1. The molecular weight excluding hydrogens is 541 g/mol. The van der Waals surface area contributed by atoms with Crippen LogP contribution in [0.3, 0.4) is 0 Å². The quantitative estimate of drug-likeness (QED) is 0.280. The number of hydrogen-bond donors (Lipinski definition) is 2. The van der Waals surface area contributed by atoms with Crippen LogP contribution in [0.5, 0.6) is 11.8 Å². The van der Waals surface area contributed by atoms with Gasteiger partial charge in [-0.2, -0.15) is 9.97 Å². The maximum Gasteiger partial charge on any atom is 0.319 e. The Balaban J connectivity index is 1.40. The number of hydrogen-bond acceptors (Lipinski definition) is 7. The van der Waals surface area contributed by atoms with Gasteiger partial charge in [0.1, 0.15) is 17.1 Å².